The van der Waals surface area contributed by atoms with Gasteiger partial charge in [-0.2, -0.15) is 12.8 Å². The minimum Gasteiger partial charge on any atom is -0.542 e. The van der Waals surface area contributed by atoms with Crippen LogP contribution in [0.2, 0.25) is 0 Å². The molecule has 0 aromatic heterocycles. The number of nitrogens with zero attached hydrogens (tertiary/aromatic N) is 1. The maximum absolute atomic E-state index is 9.50. The Morgan fingerprint density at radius 2 is 2.06 bits per heavy atom. The fourth-order valence-corrected chi connectivity index (χ4v) is 0.726. The van der Waals surface area contributed by atoms with E-state index in [1.165, 1.54) is 6.08 Å². The molecule has 5 heteroatoms. The average molecular weight is 286 g/mol. The summed E-state index contributed by atoms with van der Waals surface area (Å²) in [6.07, 6.45) is 7.22. The molecule has 17 heavy (non-hydrogen) atoms. The van der Waals surface area contributed by atoms with Gasteiger partial charge < -0.3 is 16.5 Å². The molecule has 101 valence electrons. The number of aliphatic imine (C=N–C) groups is 1. The topological polar surface area (TPSA) is 55.7 Å². The molecule has 0 heterocycles. The minimum atomic E-state index is 0. The van der Waals surface area contributed by atoms with E-state index in [0.717, 1.165) is 32.5 Å². The van der Waals surface area contributed by atoms with E-state index >= 15 is 0 Å². The number of hydrogen-bond acceptors (Lipinski definition) is 4. The van der Waals surface area contributed by atoms with Crippen LogP contribution in [0.4, 0.5) is 0 Å². The van der Waals surface area contributed by atoms with Crippen LogP contribution in [0.1, 0.15) is 39.0 Å². The predicted octanol–water partition coefficient (Wildman–Crippen LogP) is 2.24. The van der Waals surface area contributed by atoms with E-state index in [-0.39, 0.29) is 16.5 Å². The quantitative estimate of drug-likeness (QED) is 0.215. The van der Waals surface area contributed by atoms with Crippen molar-refractivity contribution in [2.45, 2.75) is 39.0 Å². The van der Waals surface area contributed by atoms with Crippen molar-refractivity contribution in [2.24, 2.45) is 4.99 Å². The smallest absolute Gasteiger partial charge is 0.542 e. The molecule has 1 radical (unpaired) electrons. The molecular weight excluding hydrogens is 265 g/mol. The summed E-state index contributed by atoms with van der Waals surface area (Å²) in [5.41, 5.74) is 0. The summed E-state index contributed by atoms with van der Waals surface area (Å²) in [7, 11) is 0. The summed E-state index contributed by atoms with van der Waals surface area (Å²) in [5.74, 6) is 0. The summed E-state index contributed by atoms with van der Waals surface area (Å²) in [6, 6.07) is 0. The van der Waals surface area contributed by atoms with Crippen LogP contribution in [0.5, 0.6) is 0 Å². The van der Waals surface area contributed by atoms with E-state index in [0.29, 0.717) is 19.4 Å². The van der Waals surface area contributed by atoms with Gasteiger partial charge in [-0.25, -0.2) is 9.79 Å². The van der Waals surface area contributed by atoms with E-state index in [1.807, 2.05) is 0 Å². The number of rotatable bonds is 9. The van der Waals surface area contributed by atoms with Gasteiger partial charge in [-0.1, -0.05) is 19.8 Å². The van der Waals surface area contributed by atoms with Gasteiger partial charge in [-0.3, -0.25) is 6.29 Å². The second-order valence-corrected chi connectivity index (χ2v) is 3.04. The van der Waals surface area contributed by atoms with Crippen LogP contribution >= 0.6 is 0 Å². The van der Waals surface area contributed by atoms with Crippen molar-refractivity contribution in [1.82, 2.24) is 0 Å². The van der Waals surface area contributed by atoms with Crippen molar-refractivity contribution < 1.29 is 30.8 Å². The normalized spacial score (nSPS) is 8.12. The molecule has 0 atom stereocenters. The monoisotopic (exact) mass is 285 g/mol. The first-order chi connectivity index (χ1) is 7.83. The Hall–Kier alpha value is -0.496. The number of carbonyl (C=O) groups excluding carboxylic acids is 2. The summed E-state index contributed by atoms with van der Waals surface area (Å²) < 4.78 is 5.18. The van der Waals surface area contributed by atoms with Gasteiger partial charge in [0.1, 0.15) is 0 Å². The second kappa shape index (κ2) is 24.6. The van der Waals surface area contributed by atoms with Gasteiger partial charge in [0, 0.05) is 19.8 Å². The average Bonchev–Trinajstić information content (AvgIpc) is 2.31. The molecule has 0 saturated heterocycles. The third-order valence-corrected chi connectivity index (χ3v) is 1.50. The fraction of sp³-hybridized carbons (Fsp3) is 0.750. The molecule has 0 aromatic rings. The maximum atomic E-state index is 9.50. The first-order valence-corrected chi connectivity index (χ1v) is 5.59. The zero-order chi connectivity index (χ0) is 12.5. The Balaban J connectivity index is -0.000000218. The first kappa shape index (κ1) is 21.8. The molecule has 0 spiro atoms. The SMILES string of the molecule is O=C=NCCC[C-]=O.[CH2-]CCCOCCC.[Ni+3]. The number of ether oxygens (including phenoxy) is 1. The van der Waals surface area contributed by atoms with Gasteiger partial charge in [0.25, 0.3) is 0 Å². The fourth-order valence-electron chi connectivity index (χ4n) is 0.726. The van der Waals surface area contributed by atoms with Crippen LogP contribution in [0.3, 0.4) is 0 Å². The number of hydrogen-bond donors (Lipinski definition) is 0. The molecule has 0 unspecified atom stereocenters. The van der Waals surface area contributed by atoms with Crippen molar-refractivity contribution in [1.29, 1.82) is 0 Å². The predicted molar refractivity (Wildman–Crippen MR) is 63.6 cm³/mol. The van der Waals surface area contributed by atoms with Gasteiger partial charge in [0.15, 0.2) is 0 Å². The second-order valence-electron chi connectivity index (χ2n) is 3.04. The Bertz CT molecular complexity index is 177. The van der Waals surface area contributed by atoms with Crippen molar-refractivity contribution in [3.8, 4) is 0 Å². The van der Waals surface area contributed by atoms with Crippen molar-refractivity contribution in [3.63, 3.8) is 0 Å². The maximum Gasteiger partial charge on any atom is 3.00 e. The van der Waals surface area contributed by atoms with Crippen LogP contribution in [0, 0.1) is 6.92 Å². The van der Waals surface area contributed by atoms with Crippen LogP contribution in [-0.2, 0) is 30.8 Å². The van der Waals surface area contributed by atoms with E-state index in [4.69, 9.17) is 4.74 Å². The molecule has 4 nitrogen and oxygen atoms in total. The van der Waals surface area contributed by atoms with Gasteiger partial charge in [-0.05, 0) is 6.42 Å². The molecule has 0 aliphatic heterocycles. The molecule has 0 saturated carbocycles. The van der Waals surface area contributed by atoms with Gasteiger partial charge in [0.2, 0.25) is 6.08 Å². The van der Waals surface area contributed by atoms with Gasteiger partial charge >= 0.3 is 16.5 Å². The molecular formula is C12H21NNiO3+. The summed E-state index contributed by atoms with van der Waals surface area (Å²) in [5, 5.41) is 0. The molecule has 0 amide bonds. The largest absolute Gasteiger partial charge is 3.00 e. The van der Waals surface area contributed by atoms with E-state index in [1.54, 1.807) is 6.29 Å². The Kier molecular flexibility index (Phi) is 31.5. The summed E-state index contributed by atoms with van der Waals surface area (Å²) in [4.78, 5) is 22.1. The van der Waals surface area contributed by atoms with Crippen molar-refractivity contribution in [2.75, 3.05) is 19.8 Å². The molecule has 0 fully saturated rings. The van der Waals surface area contributed by atoms with Crippen molar-refractivity contribution in [3.05, 3.63) is 6.92 Å². The number of isocyanates is 1. The molecule has 0 bridgehead atoms. The van der Waals surface area contributed by atoms with Crippen LogP contribution in [0.25, 0.3) is 0 Å². The van der Waals surface area contributed by atoms with E-state index in [9.17, 15) is 9.59 Å². The molecule has 0 aromatic carbocycles. The Labute approximate surface area is 114 Å². The minimum absolute atomic E-state index is 0. The molecule has 0 N–H and O–H groups in total. The molecule has 0 aliphatic rings. The zero-order valence-corrected chi connectivity index (χ0v) is 11.3. The van der Waals surface area contributed by atoms with Crippen LogP contribution in [-0.4, -0.2) is 32.1 Å². The number of unbranched alkanes of at least 4 members (excludes halogenated alkanes) is 2. The molecule has 0 aliphatic carbocycles. The summed E-state index contributed by atoms with van der Waals surface area (Å²) in [6.45, 7) is 8.00. The third-order valence-electron chi connectivity index (χ3n) is 1.50. The van der Waals surface area contributed by atoms with E-state index in [2.05, 4.69) is 18.8 Å². The molecule has 0 rings (SSSR count). The zero-order valence-electron chi connectivity index (χ0n) is 10.4. The van der Waals surface area contributed by atoms with Crippen LogP contribution in [0.15, 0.2) is 4.99 Å². The van der Waals surface area contributed by atoms with E-state index < -0.39 is 0 Å². The first-order valence-electron chi connectivity index (χ1n) is 5.59. The van der Waals surface area contributed by atoms with Crippen molar-refractivity contribution >= 4 is 12.4 Å². The standard InChI is InChI=1S/C7H15O.C5H6NO2.Ni/c1-3-5-7-8-6-4-2;7-4-2-1-3-6-5-8;/h1,3-7H2,2H3;1-3H2;/q2*-1;+3. The van der Waals surface area contributed by atoms with Crippen LogP contribution < -0.4 is 0 Å². The van der Waals surface area contributed by atoms with Gasteiger partial charge in [0.05, 0.1) is 0 Å². The summed E-state index contributed by atoms with van der Waals surface area (Å²) >= 11 is 0. The third kappa shape index (κ3) is 31.3. The Morgan fingerprint density at radius 1 is 1.35 bits per heavy atom. The Morgan fingerprint density at radius 3 is 2.53 bits per heavy atom. The van der Waals surface area contributed by atoms with Gasteiger partial charge in [-0.15, -0.1) is 0 Å².